The van der Waals surface area contributed by atoms with Gasteiger partial charge >= 0.3 is 0 Å². The second-order valence-corrected chi connectivity index (χ2v) is 5.64. The van der Waals surface area contributed by atoms with Crippen LogP contribution in [-0.2, 0) is 0 Å². The van der Waals surface area contributed by atoms with Gasteiger partial charge in [-0.05, 0) is 57.2 Å². The molecule has 0 fully saturated rings. The van der Waals surface area contributed by atoms with Crippen LogP contribution < -0.4 is 5.73 Å². The molecular weight excluding hydrogens is 270 g/mol. The predicted molar refractivity (Wildman–Crippen MR) is 80.4 cm³/mol. The number of nitrogens with one attached hydrogen (secondary N) is 1. The summed E-state index contributed by atoms with van der Waals surface area (Å²) in [5.41, 5.74) is 10.1. The first-order valence-electron chi connectivity index (χ1n) is 6.19. The first kappa shape index (κ1) is 14.5. The maximum absolute atomic E-state index is 7.51. The monoisotopic (exact) mass is 287 g/mol. The molecule has 104 valence electrons. The zero-order chi connectivity index (χ0) is 14.9. The Kier molecular flexibility index (Phi) is 4.04. The molecule has 0 aliphatic rings. The van der Waals surface area contributed by atoms with Crippen molar-refractivity contribution in [1.82, 2.24) is 15.0 Å². The van der Waals surface area contributed by atoms with E-state index in [1.54, 1.807) is 12.1 Å². The summed E-state index contributed by atoms with van der Waals surface area (Å²) in [6, 6.07) is 3.58. The lowest BCUT2D eigenvalue weighted by Gasteiger charge is -2.08. The van der Waals surface area contributed by atoms with E-state index in [1.165, 1.54) is 11.8 Å². The van der Waals surface area contributed by atoms with Gasteiger partial charge in [0, 0.05) is 22.6 Å². The van der Waals surface area contributed by atoms with Gasteiger partial charge in [0.1, 0.15) is 10.9 Å². The largest absolute Gasteiger partial charge is 0.384 e. The van der Waals surface area contributed by atoms with Crippen LogP contribution in [0, 0.1) is 33.1 Å². The smallest absolute Gasteiger partial charge is 0.194 e. The van der Waals surface area contributed by atoms with Crippen LogP contribution in [0.5, 0.6) is 0 Å². The summed E-state index contributed by atoms with van der Waals surface area (Å²) < 4.78 is 0. The van der Waals surface area contributed by atoms with E-state index in [-0.39, 0.29) is 5.84 Å². The van der Waals surface area contributed by atoms with E-state index in [2.05, 4.69) is 15.0 Å². The van der Waals surface area contributed by atoms with Gasteiger partial charge in [-0.25, -0.2) is 15.0 Å². The van der Waals surface area contributed by atoms with Crippen molar-refractivity contribution in [2.75, 3.05) is 0 Å². The molecule has 20 heavy (non-hydrogen) atoms. The molecule has 5 nitrogen and oxygen atoms in total. The van der Waals surface area contributed by atoms with Crippen LogP contribution in [0.15, 0.2) is 22.3 Å². The van der Waals surface area contributed by atoms with Crippen LogP contribution in [-0.4, -0.2) is 20.8 Å². The summed E-state index contributed by atoms with van der Waals surface area (Å²) in [6.07, 6.45) is 0. The Morgan fingerprint density at radius 1 is 1.05 bits per heavy atom. The highest BCUT2D eigenvalue weighted by atomic mass is 32.2. The van der Waals surface area contributed by atoms with Gasteiger partial charge in [0.25, 0.3) is 0 Å². The fraction of sp³-hybridized carbons (Fsp3) is 0.286. The van der Waals surface area contributed by atoms with Crippen molar-refractivity contribution >= 4 is 17.6 Å². The Morgan fingerprint density at radius 2 is 1.65 bits per heavy atom. The second-order valence-electron chi connectivity index (χ2n) is 4.65. The summed E-state index contributed by atoms with van der Waals surface area (Å²) >= 11 is 1.38. The zero-order valence-electron chi connectivity index (χ0n) is 12.0. The summed E-state index contributed by atoms with van der Waals surface area (Å²) in [5, 5.41) is 8.93. The molecule has 0 atom stereocenters. The lowest BCUT2D eigenvalue weighted by atomic mass is 10.2. The van der Waals surface area contributed by atoms with Crippen molar-refractivity contribution in [3.63, 3.8) is 0 Å². The van der Waals surface area contributed by atoms with Gasteiger partial charge in [-0.1, -0.05) is 0 Å². The molecule has 6 heteroatoms. The molecule has 0 bridgehead atoms. The van der Waals surface area contributed by atoms with Crippen LogP contribution in [0.25, 0.3) is 0 Å². The van der Waals surface area contributed by atoms with E-state index in [9.17, 15) is 0 Å². The number of pyridine rings is 1. The van der Waals surface area contributed by atoms with Crippen molar-refractivity contribution in [2.45, 2.75) is 37.9 Å². The van der Waals surface area contributed by atoms with Crippen molar-refractivity contribution in [3.8, 4) is 0 Å². The van der Waals surface area contributed by atoms with Gasteiger partial charge < -0.3 is 5.73 Å². The van der Waals surface area contributed by atoms with Gasteiger partial charge in [0.2, 0.25) is 0 Å². The minimum absolute atomic E-state index is 0.0366. The number of aryl methyl sites for hydroxylation is 3. The zero-order valence-corrected chi connectivity index (χ0v) is 12.8. The van der Waals surface area contributed by atoms with Crippen LogP contribution in [0.1, 0.15) is 28.2 Å². The molecule has 2 rings (SSSR count). The molecule has 2 heterocycles. The quantitative estimate of drug-likeness (QED) is 0.514. The van der Waals surface area contributed by atoms with E-state index in [1.807, 2.05) is 27.7 Å². The van der Waals surface area contributed by atoms with Crippen LogP contribution in [0.4, 0.5) is 0 Å². The number of nitrogen functional groups attached to an aromatic ring is 1. The number of aromatic nitrogens is 3. The third-order valence-corrected chi connectivity index (χ3v) is 3.83. The molecule has 3 N–H and O–H groups in total. The first-order valence-corrected chi connectivity index (χ1v) is 7.01. The molecule has 0 saturated carbocycles. The summed E-state index contributed by atoms with van der Waals surface area (Å²) in [7, 11) is 0. The number of hydrogen-bond acceptors (Lipinski definition) is 5. The predicted octanol–water partition coefficient (Wildman–Crippen LogP) is 2.54. The summed E-state index contributed by atoms with van der Waals surface area (Å²) in [5.74, 6) is 0.0366. The highest BCUT2D eigenvalue weighted by Gasteiger charge is 2.09. The van der Waals surface area contributed by atoms with E-state index in [4.69, 9.17) is 11.1 Å². The second kappa shape index (κ2) is 5.58. The average Bonchev–Trinajstić information content (AvgIpc) is 2.35. The third kappa shape index (κ3) is 3.14. The van der Waals surface area contributed by atoms with E-state index in [0.29, 0.717) is 10.7 Å². The number of rotatable bonds is 3. The molecule has 2 aromatic rings. The van der Waals surface area contributed by atoms with Crippen molar-refractivity contribution in [1.29, 1.82) is 5.41 Å². The number of hydrogen-bond donors (Lipinski definition) is 2. The molecule has 0 aliphatic carbocycles. The maximum atomic E-state index is 7.51. The topological polar surface area (TPSA) is 88.5 Å². The number of nitrogens with two attached hydrogens (primary N) is 1. The van der Waals surface area contributed by atoms with Crippen molar-refractivity contribution in [3.05, 3.63) is 40.3 Å². The Balaban J connectivity index is 2.37. The number of amidine groups is 1. The van der Waals surface area contributed by atoms with E-state index >= 15 is 0 Å². The first-order chi connectivity index (χ1) is 9.36. The Morgan fingerprint density at radius 3 is 2.20 bits per heavy atom. The molecule has 0 aliphatic heterocycles. The lowest BCUT2D eigenvalue weighted by Crippen LogP contribution is -2.11. The fourth-order valence-corrected chi connectivity index (χ4v) is 2.65. The third-order valence-electron chi connectivity index (χ3n) is 3.05. The van der Waals surface area contributed by atoms with Gasteiger partial charge in [-0.15, -0.1) is 0 Å². The van der Waals surface area contributed by atoms with E-state index in [0.717, 1.165) is 27.7 Å². The molecular formula is C14H17N5S. The highest BCUT2D eigenvalue weighted by molar-refractivity contribution is 7.99. The maximum Gasteiger partial charge on any atom is 0.194 e. The van der Waals surface area contributed by atoms with Crippen LogP contribution in [0.3, 0.4) is 0 Å². The molecule has 2 aromatic heterocycles. The highest BCUT2D eigenvalue weighted by Crippen LogP contribution is 2.25. The van der Waals surface area contributed by atoms with Gasteiger partial charge in [-0.2, -0.15) is 0 Å². The normalized spacial score (nSPS) is 10.6. The molecule has 0 saturated heterocycles. The van der Waals surface area contributed by atoms with Crippen molar-refractivity contribution < 1.29 is 0 Å². The minimum atomic E-state index is 0.0366. The summed E-state index contributed by atoms with van der Waals surface area (Å²) in [6.45, 7) is 7.83. The van der Waals surface area contributed by atoms with Crippen molar-refractivity contribution in [2.24, 2.45) is 5.73 Å². The minimum Gasteiger partial charge on any atom is -0.384 e. The standard InChI is InChI=1S/C14H17N5S/c1-7-5-11(13(15)16)6-12(17-7)20-14-18-9(3)8(2)10(4)19-14/h5-6H,1-4H3,(H3,15,16). The lowest BCUT2D eigenvalue weighted by molar-refractivity contribution is 0.877. The molecule has 0 aromatic carbocycles. The molecule has 0 unspecified atom stereocenters. The van der Waals surface area contributed by atoms with Crippen LogP contribution >= 0.6 is 11.8 Å². The Hall–Kier alpha value is -1.95. The Labute approximate surface area is 122 Å². The average molecular weight is 287 g/mol. The molecule has 0 spiro atoms. The number of nitrogens with zero attached hydrogens (tertiary/aromatic N) is 3. The van der Waals surface area contributed by atoms with Gasteiger partial charge in [0.05, 0.1) is 0 Å². The van der Waals surface area contributed by atoms with E-state index < -0.39 is 0 Å². The summed E-state index contributed by atoms with van der Waals surface area (Å²) in [4.78, 5) is 13.3. The molecule has 0 amide bonds. The van der Waals surface area contributed by atoms with Gasteiger partial charge in [0.15, 0.2) is 5.16 Å². The Bertz CT molecular complexity index is 658. The van der Waals surface area contributed by atoms with Crippen LogP contribution in [0.2, 0.25) is 0 Å². The molecule has 0 radical (unpaired) electrons. The fourth-order valence-electron chi connectivity index (χ4n) is 1.73. The SMILES string of the molecule is Cc1cc(C(=N)N)cc(Sc2nc(C)c(C)c(C)n2)n1. The van der Waals surface area contributed by atoms with Gasteiger partial charge in [-0.3, -0.25) is 5.41 Å².